The number of anilines is 2. The second-order valence-corrected chi connectivity index (χ2v) is 8.82. The van der Waals surface area contributed by atoms with Gasteiger partial charge in [-0.25, -0.2) is 4.98 Å². The van der Waals surface area contributed by atoms with Gasteiger partial charge in [0.2, 0.25) is 5.91 Å². The normalized spacial score (nSPS) is 18.2. The third kappa shape index (κ3) is 4.74. The molecule has 0 aliphatic carbocycles. The van der Waals surface area contributed by atoms with Crippen LogP contribution in [0.2, 0.25) is 10.0 Å². The fraction of sp³-hybridized carbons (Fsp3) is 0.240. The van der Waals surface area contributed by atoms with Crippen LogP contribution in [0.25, 0.3) is 0 Å². The van der Waals surface area contributed by atoms with E-state index < -0.39 is 6.04 Å². The number of benzodiazepines with no additional fused rings is 1. The zero-order valence-electron chi connectivity index (χ0n) is 17.8. The number of benzene rings is 2. The minimum atomic E-state index is -0.648. The monoisotopic (exact) mass is 480 g/mol. The Morgan fingerprint density at radius 2 is 1.88 bits per heavy atom. The van der Waals surface area contributed by atoms with Gasteiger partial charge in [0.25, 0.3) is 0 Å². The second-order valence-electron chi connectivity index (χ2n) is 7.97. The standard InChI is InChI=1S/C25H22Cl2N4O2/c26-18-6-7-21-19(14-18)24(17-5-8-23(28-15-17)31-9-11-33-12-10-31)29-22(25(32)30-21)13-16-3-1-2-4-20(16)27/h1-8,14-15,22H,9-13H2,(H,30,32). The van der Waals surface area contributed by atoms with E-state index in [4.69, 9.17) is 32.9 Å². The van der Waals surface area contributed by atoms with Crippen molar-refractivity contribution in [3.05, 3.63) is 87.5 Å². The molecule has 33 heavy (non-hydrogen) atoms. The van der Waals surface area contributed by atoms with Gasteiger partial charge in [-0.15, -0.1) is 0 Å². The zero-order valence-corrected chi connectivity index (χ0v) is 19.3. The van der Waals surface area contributed by atoms with Gasteiger partial charge in [0.05, 0.1) is 24.6 Å². The van der Waals surface area contributed by atoms with Crippen molar-refractivity contribution in [2.24, 2.45) is 4.99 Å². The number of hydrogen-bond donors (Lipinski definition) is 1. The predicted octanol–water partition coefficient (Wildman–Crippen LogP) is 4.63. The molecule has 3 heterocycles. The Morgan fingerprint density at radius 3 is 2.64 bits per heavy atom. The maximum Gasteiger partial charge on any atom is 0.249 e. The fourth-order valence-corrected chi connectivity index (χ4v) is 4.45. The molecular weight excluding hydrogens is 459 g/mol. The number of carbonyl (C=O) groups is 1. The molecule has 1 fully saturated rings. The molecule has 2 aromatic carbocycles. The highest BCUT2D eigenvalue weighted by molar-refractivity contribution is 6.32. The van der Waals surface area contributed by atoms with Crippen molar-refractivity contribution in [1.29, 1.82) is 0 Å². The van der Waals surface area contributed by atoms with Crippen LogP contribution in [0, 0.1) is 0 Å². The van der Waals surface area contributed by atoms with Crippen LogP contribution in [-0.4, -0.2) is 48.9 Å². The van der Waals surface area contributed by atoms with Crippen molar-refractivity contribution >= 4 is 46.3 Å². The average Bonchev–Trinajstić information content (AvgIpc) is 2.97. The highest BCUT2D eigenvalue weighted by Gasteiger charge is 2.27. The van der Waals surface area contributed by atoms with Crippen molar-refractivity contribution < 1.29 is 9.53 Å². The van der Waals surface area contributed by atoms with Crippen LogP contribution >= 0.6 is 23.2 Å². The van der Waals surface area contributed by atoms with E-state index in [1.54, 1.807) is 18.3 Å². The number of nitrogens with one attached hydrogen (secondary N) is 1. The Labute approximate surface area is 202 Å². The molecule has 5 rings (SSSR count). The molecule has 2 aliphatic rings. The molecule has 0 spiro atoms. The minimum Gasteiger partial charge on any atom is -0.378 e. The molecule has 0 bridgehead atoms. The number of ether oxygens (including phenoxy) is 1. The second kappa shape index (κ2) is 9.51. The number of morpholine rings is 1. The molecule has 168 valence electrons. The van der Waals surface area contributed by atoms with Crippen LogP contribution in [-0.2, 0) is 16.0 Å². The molecule has 8 heteroatoms. The summed E-state index contributed by atoms with van der Waals surface area (Å²) in [5.74, 6) is 0.704. The smallest absolute Gasteiger partial charge is 0.249 e. The number of amides is 1. The Hall–Kier alpha value is -2.93. The van der Waals surface area contributed by atoms with Crippen LogP contribution in [0.3, 0.4) is 0 Å². The minimum absolute atomic E-state index is 0.189. The van der Waals surface area contributed by atoms with Crippen LogP contribution < -0.4 is 10.2 Å². The van der Waals surface area contributed by atoms with E-state index in [0.717, 1.165) is 35.6 Å². The number of carbonyl (C=O) groups excluding carboxylic acids is 1. The molecule has 6 nitrogen and oxygen atoms in total. The number of rotatable bonds is 4. The van der Waals surface area contributed by atoms with Crippen LogP contribution in [0.15, 0.2) is 65.8 Å². The number of fused-ring (bicyclic) bond motifs is 1. The van der Waals surface area contributed by atoms with E-state index in [0.29, 0.717) is 41.1 Å². The summed E-state index contributed by atoms with van der Waals surface area (Å²) in [6, 6.07) is 16.2. The number of hydrogen-bond acceptors (Lipinski definition) is 5. The molecule has 1 aromatic heterocycles. The summed E-state index contributed by atoms with van der Waals surface area (Å²) in [6.07, 6.45) is 2.19. The topological polar surface area (TPSA) is 66.8 Å². The highest BCUT2D eigenvalue weighted by atomic mass is 35.5. The Balaban J connectivity index is 1.54. The van der Waals surface area contributed by atoms with E-state index in [-0.39, 0.29) is 5.91 Å². The SMILES string of the molecule is O=C1Nc2ccc(Cl)cc2C(c2ccc(N3CCOCC3)nc2)=NC1Cc1ccccc1Cl. The first-order valence-electron chi connectivity index (χ1n) is 10.8. The van der Waals surface area contributed by atoms with Gasteiger partial charge in [0.15, 0.2) is 0 Å². The number of pyridine rings is 1. The van der Waals surface area contributed by atoms with Gasteiger partial charge in [-0.2, -0.15) is 0 Å². The van der Waals surface area contributed by atoms with Gasteiger partial charge >= 0.3 is 0 Å². The zero-order chi connectivity index (χ0) is 22.8. The van der Waals surface area contributed by atoms with Gasteiger partial charge in [-0.05, 0) is 42.0 Å². The Bertz CT molecular complexity index is 1210. The summed E-state index contributed by atoms with van der Waals surface area (Å²) in [6.45, 7) is 3.01. The van der Waals surface area contributed by atoms with Gasteiger partial charge in [0.1, 0.15) is 11.9 Å². The van der Waals surface area contributed by atoms with Crippen molar-refractivity contribution in [3.63, 3.8) is 0 Å². The number of aliphatic imine (C=N–C) groups is 1. The van der Waals surface area contributed by atoms with Crippen molar-refractivity contribution in [3.8, 4) is 0 Å². The maximum absolute atomic E-state index is 13.1. The lowest BCUT2D eigenvalue weighted by atomic mass is 10.0. The van der Waals surface area contributed by atoms with Gasteiger partial charge in [0, 0.05) is 46.9 Å². The molecule has 1 saturated heterocycles. The van der Waals surface area contributed by atoms with E-state index in [2.05, 4.69) is 15.2 Å². The molecule has 0 saturated carbocycles. The van der Waals surface area contributed by atoms with Crippen molar-refractivity contribution in [2.45, 2.75) is 12.5 Å². The molecule has 0 radical (unpaired) electrons. The Kier molecular flexibility index (Phi) is 6.31. The summed E-state index contributed by atoms with van der Waals surface area (Å²) < 4.78 is 5.43. The van der Waals surface area contributed by atoms with Crippen molar-refractivity contribution in [2.75, 3.05) is 36.5 Å². The van der Waals surface area contributed by atoms with Crippen LogP contribution in [0.5, 0.6) is 0 Å². The Morgan fingerprint density at radius 1 is 1.06 bits per heavy atom. The molecular formula is C25H22Cl2N4O2. The summed E-state index contributed by atoms with van der Waals surface area (Å²) in [5, 5.41) is 4.19. The summed E-state index contributed by atoms with van der Waals surface area (Å²) in [4.78, 5) is 24.9. The van der Waals surface area contributed by atoms with Gasteiger partial charge < -0.3 is 15.0 Å². The van der Waals surface area contributed by atoms with Crippen LogP contribution in [0.1, 0.15) is 16.7 Å². The summed E-state index contributed by atoms with van der Waals surface area (Å²) in [5.41, 5.74) is 3.79. The maximum atomic E-state index is 13.1. The van der Waals surface area contributed by atoms with E-state index in [9.17, 15) is 4.79 Å². The summed E-state index contributed by atoms with van der Waals surface area (Å²) in [7, 11) is 0. The molecule has 1 unspecified atom stereocenters. The van der Waals surface area contributed by atoms with Crippen LogP contribution in [0.4, 0.5) is 11.5 Å². The highest BCUT2D eigenvalue weighted by Crippen LogP contribution is 2.29. The number of nitrogens with zero attached hydrogens (tertiary/aromatic N) is 3. The summed E-state index contributed by atoms with van der Waals surface area (Å²) >= 11 is 12.7. The number of aromatic nitrogens is 1. The van der Waals surface area contributed by atoms with Gasteiger partial charge in [-0.1, -0.05) is 41.4 Å². The first-order valence-corrected chi connectivity index (χ1v) is 11.6. The lowest BCUT2D eigenvalue weighted by Gasteiger charge is -2.27. The van der Waals surface area contributed by atoms with Gasteiger partial charge in [-0.3, -0.25) is 9.79 Å². The molecule has 1 N–H and O–H groups in total. The number of halogens is 2. The molecule has 1 amide bonds. The molecule has 3 aromatic rings. The van der Waals surface area contributed by atoms with E-state index in [1.165, 1.54) is 0 Å². The largest absolute Gasteiger partial charge is 0.378 e. The lowest BCUT2D eigenvalue weighted by Crippen LogP contribution is -2.36. The molecule has 2 aliphatic heterocycles. The van der Waals surface area contributed by atoms with E-state index in [1.807, 2.05) is 42.5 Å². The van der Waals surface area contributed by atoms with E-state index >= 15 is 0 Å². The lowest BCUT2D eigenvalue weighted by molar-refractivity contribution is -0.117. The first-order chi connectivity index (χ1) is 16.1. The molecule has 1 atom stereocenters. The quantitative estimate of drug-likeness (QED) is 0.591. The third-order valence-electron chi connectivity index (χ3n) is 5.81. The van der Waals surface area contributed by atoms with Crippen molar-refractivity contribution in [1.82, 2.24) is 4.98 Å². The predicted molar refractivity (Wildman–Crippen MR) is 132 cm³/mol. The fourth-order valence-electron chi connectivity index (χ4n) is 4.07. The first kappa shape index (κ1) is 21.9. The third-order valence-corrected chi connectivity index (χ3v) is 6.41. The average molecular weight is 481 g/mol.